The molecule has 1 N–H and O–H groups in total. The maximum absolute atomic E-state index is 13.9. The molecule has 5 rings (SSSR count). The van der Waals surface area contributed by atoms with Crippen LogP contribution in [-0.4, -0.2) is 50.8 Å². The lowest BCUT2D eigenvalue weighted by molar-refractivity contribution is -0.131. The smallest absolute Gasteiger partial charge is 0.271 e. The van der Waals surface area contributed by atoms with E-state index < -0.39 is 18.0 Å². The third-order valence-electron chi connectivity index (χ3n) is 6.29. The van der Waals surface area contributed by atoms with E-state index in [9.17, 15) is 19.1 Å². The quantitative estimate of drug-likeness (QED) is 0.669. The molecule has 7 nitrogen and oxygen atoms in total. The molecule has 162 valence electrons. The van der Waals surface area contributed by atoms with Crippen molar-refractivity contribution in [2.75, 3.05) is 13.1 Å². The van der Waals surface area contributed by atoms with E-state index in [-0.39, 0.29) is 35.6 Å². The van der Waals surface area contributed by atoms with E-state index >= 15 is 0 Å². The molecule has 0 radical (unpaired) electrons. The second-order valence-corrected chi connectivity index (χ2v) is 9.17. The lowest BCUT2D eigenvalue weighted by Gasteiger charge is -2.35. The van der Waals surface area contributed by atoms with Gasteiger partial charge >= 0.3 is 0 Å². The van der Waals surface area contributed by atoms with Gasteiger partial charge in [0.05, 0.1) is 17.9 Å². The average molecular weight is 444 g/mol. The molecule has 2 fully saturated rings. The van der Waals surface area contributed by atoms with Crippen molar-refractivity contribution >= 4 is 27.5 Å². The Labute approximate surface area is 181 Å². The minimum Gasteiger partial charge on any atom is -0.485 e. The van der Waals surface area contributed by atoms with Crippen LogP contribution in [0.2, 0.25) is 0 Å². The van der Waals surface area contributed by atoms with Crippen molar-refractivity contribution in [3.8, 4) is 5.75 Å². The Balaban J connectivity index is 1.25. The minimum absolute atomic E-state index is 0.0587. The van der Waals surface area contributed by atoms with Crippen LogP contribution in [0, 0.1) is 17.7 Å². The van der Waals surface area contributed by atoms with E-state index in [1.807, 2.05) is 5.38 Å². The third kappa shape index (κ3) is 3.83. The van der Waals surface area contributed by atoms with Gasteiger partial charge in [-0.15, -0.1) is 11.3 Å². The molecule has 0 unspecified atom stereocenters. The van der Waals surface area contributed by atoms with E-state index in [0.717, 1.165) is 0 Å². The largest absolute Gasteiger partial charge is 0.485 e. The number of thiophene rings is 1. The van der Waals surface area contributed by atoms with Crippen molar-refractivity contribution in [2.45, 2.75) is 31.6 Å². The highest BCUT2D eigenvalue weighted by Crippen LogP contribution is 2.38. The van der Waals surface area contributed by atoms with Gasteiger partial charge in [-0.25, -0.2) is 9.37 Å². The number of nitrogens with zero attached hydrogens (tertiary/aromatic N) is 3. The summed E-state index contributed by atoms with van der Waals surface area (Å²) < 4.78 is 21.6. The number of hydrogen-bond donors (Lipinski definition) is 1. The van der Waals surface area contributed by atoms with Crippen LogP contribution in [0.5, 0.6) is 5.75 Å². The lowest BCUT2D eigenvalue weighted by atomic mass is 9.78. The monoisotopic (exact) mass is 443 g/mol. The molecule has 9 heteroatoms. The SMILES string of the molecule is O=C(Cn1cnc2ccsc2c1=O)N1C[C@H]2C[C@@H](Oc3ccccc3F)[C@H](O)C[C@H]2C1. The number of fused-ring (bicyclic) bond motifs is 2. The van der Waals surface area contributed by atoms with E-state index in [1.165, 1.54) is 28.3 Å². The van der Waals surface area contributed by atoms with Crippen molar-refractivity contribution < 1.29 is 19.0 Å². The first-order valence-corrected chi connectivity index (χ1v) is 11.2. The standard InChI is InChI=1S/C22H22FN3O4S/c23-15-3-1-2-4-18(15)30-19-8-14-10-25(9-13(14)7-17(19)27)20(28)11-26-12-24-16-5-6-31-21(16)22(26)29/h1-6,12-14,17,19,27H,7-11H2/t13-,14+,17+,19+/m0/s1. The van der Waals surface area contributed by atoms with Gasteiger partial charge in [0, 0.05) is 13.1 Å². The number of para-hydroxylation sites is 1. The van der Waals surface area contributed by atoms with Crippen LogP contribution in [0.25, 0.3) is 10.2 Å². The molecule has 3 heterocycles. The van der Waals surface area contributed by atoms with E-state index in [2.05, 4.69) is 4.98 Å². The molecule has 0 bridgehead atoms. The second-order valence-electron chi connectivity index (χ2n) is 8.26. The Hall–Kier alpha value is -2.78. The fourth-order valence-corrected chi connectivity index (χ4v) is 5.45. The van der Waals surface area contributed by atoms with E-state index in [1.54, 1.807) is 29.2 Å². The molecular weight excluding hydrogens is 421 g/mol. The first kappa shape index (κ1) is 20.1. The zero-order valence-electron chi connectivity index (χ0n) is 16.7. The normalized spacial score (nSPS) is 25.5. The number of aromatic nitrogens is 2. The van der Waals surface area contributed by atoms with Crippen molar-refractivity contribution in [2.24, 2.45) is 11.8 Å². The molecule has 1 saturated carbocycles. The molecule has 1 saturated heterocycles. The fraction of sp³-hybridized carbons (Fsp3) is 0.409. The van der Waals surface area contributed by atoms with Gasteiger partial charge in [0.2, 0.25) is 5.91 Å². The number of benzene rings is 1. The van der Waals surface area contributed by atoms with E-state index in [4.69, 9.17) is 4.74 Å². The molecule has 1 amide bonds. The number of amides is 1. The average Bonchev–Trinajstić information content (AvgIpc) is 3.39. The Bertz CT molecular complexity index is 1180. The maximum atomic E-state index is 13.9. The van der Waals surface area contributed by atoms with Crippen molar-refractivity contribution in [3.63, 3.8) is 0 Å². The predicted molar refractivity (Wildman–Crippen MR) is 113 cm³/mol. The molecule has 3 aromatic rings. The van der Waals surface area contributed by atoms with Gasteiger partial charge in [-0.1, -0.05) is 12.1 Å². The van der Waals surface area contributed by atoms with Gasteiger partial charge in [0.1, 0.15) is 17.3 Å². The molecule has 0 spiro atoms. The zero-order valence-corrected chi connectivity index (χ0v) is 17.5. The van der Waals surface area contributed by atoms with E-state index in [0.29, 0.717) is 36.1 Å². The molecule has 1 aliphatic heterocycles. The second kappa shape index (κ2) is 8.05. The van der Waals surface area contributed by atoms with Crippen molar-refractivity contribution in [1.29, 1.82) is 0 Å². The highest BCUT2D eigenvalue weighted by molar-refractivity contribution is 7.17. The summed E-state index contributed by atoms with van der Waals surface area (Å²) in [6.07, 6.45) is 1.23. The Morgan fingerprint density at radius 1 is 1.23 bits per heavy atom. The Morgan fingerprint density at radius 3 is 2.81 bits per heavy atom. The van der Waals surface area contributed by atoms with Gasteiger partial charge in [-0.3, -0.25) is 14.2 Å². The summed E-state index contributed by atoms with van der Waals surface area (Å²) in [6, 6.07) is 7.94. The Kier molecular flexibility index (Phi) is 5.23. The number of aliphatic hydroxyl groups excluding tert-OH is 1. The number of hydrogen-bond acceptors (Lipinski definition) is 6. The van der Waals surface area contributed by atoms with Crippen LogP contribution in [0.1, 0.15) is 12.8 Å². The van der Waals surface area contributed by atoms with Gasteiger partial charge in [0.15, 0.2) is 11.6 Å². The highest BCUT2D eigenvalue weighted by atomic mass is 32.1. The van der Waals surface area contributed by atoms with Gasteiger partial charge < -0.3 is 14.7 Å². The van der Waals surface area contributed by atoms with Crippen LogP contribution in [0.15, 0.2) is 46.8 Å². The summed E-state index contributed by atoms with van der Waals surface area (Å²) in [5.74, 6) is -0.142. The molecular formula is C22H22FN3O4S. The van der Waals surface area contributed by atoms with Crippen LogP contribution in [0.4, 0.5) is 4.39 Å². The van der Waals surface area contributed by atoms with Crippen LogP contribution in [-0.2, 0) is 11.3 Å². The van der Waals surface area contributed by atoms with Crippen LogP contribution >= 0.6 is 11.3 Å². The number of likely N-dealkylation sites (tertiary alicyclic amines) is 1. The number of rotatable bonds is 4. The summed E-state index contributed by atoms with van der Waals surface area (Å²) in [4.78, 5) is 31.4. The molecule has 2 aromatic heterocycles. The minimum atomic E-state index is -0.719. The van der Waals surface area contributed by atoms with Gasteiger partial charge in [0.25, 0.3) is 5.56 Å². The lowest BCUT2D eigenvalue weighted by Crippen LogP contribution is -2.42. The zero-order chi connectivity index (χ0) is 21.5. The van der Waals surface area contributed by atoms with Crippen LogP contribution < -0.4 is 10.3 Å². The summed E-state index contributed by atoms with van der Waals surface area (Å²) in [7, 11) is 0. The maximum Gasteiger partial charge on any atom is 0.271 e. The molecule has 31 heavy (non-hydrogen) atoms. The number of carbonyl (C=O) groups excluding carboxylic acids is 1. The molecule has 1 aliphatic carbocycles. The molecule has 4 atom stereocenters. The summed E-state index contributed by atoms with van der Waals surface area (Å²) in [5.41, 5.74) is 0.430. The summed E-state index contributed by atoms with van der Waals surface area (Å²) in [5, 5.41) is 12.3. The first-order chi connectivity index (χ1) is 15.0. The number of halogens is 1. The highest BCUT2D eigenvalue weighted by Gasteiger charge is 2.44. The number of aliphatic hydroxyl groups is 1. The Morgan fingerprint density at radius 2 is 2.00 bits per heavy atom. The van der Waals surface area contributed by atoms with Crippen molar-refractivity contribution in [3.05, 3.63) is 58.2 Å². The fourth-order valence-electron chi connectivity index (χ4n) is 4.66. The van der Waals surface area contributed by atoms with Gasteiger partial charge in [-0.05, 0) is 48.3 Å². The third-order valence-corrected chi connectivity index (χ3v) is 7.19. The topological polar surface area (TPSA) is 84.7 Å². The van der Waals surface area contributed by atoms with Crippen LogP contribution in [0.3, 0.4) is 0 Å². The number of ether oxygens (including phenoxy) is 1. The molecule has 2 aliphatic rings. The summed E-state index contributed by atoms with van der Waals surface area (Å²) in [6.45, 7) is 1.02. The van der Waals surface area contributed by atoms with Crippen molar-refractivity contribution in [1.82, 2.24) is 14.5 Å². The number of carbonyl (C=O) groups is 1. The van der Waals surface area contributed by atoms with Gasteiger partial charge in [-0.2, -0.15) is 0 Å². The summed E-state index contributed by atoms with van der Waals surface area (Å²) >= 11 is 1.32. The molecule has 1 aromatic carbocycles. The first-order valence-electron chi connectivity index (χ1n) is 10.3. The predicted octanol–water partition coefficient (Wildman–Crippen LogP) is 2.27.